The maximum Gasteiger partial charge on any atom is 0.274 e. The minimum atomic E-state index is -0.429. The molecule has 8 heteroatoms. The largest absolute Gasteiger partial charge is 0.497 e. The van der Waals surface area contributed by atoms with Crippen LogP contribution in [0.2, 0.25) is 0 Å². The molecule has 0 fully saturated rings. The lowest BCUT2D eigenvalue weighted by atomic mass is 10.0. The first-order valence-corrected chi connectivity index (χ1v) is 9.32. The van der Waals surface area contributed by atoms with Crippen LogP contribution in [0.25, 0.3) is 22.0 Å². The molecule has 1 amide bonds. The molecule has 2 N–H and O–H groups in total. The van der Waals surface area contributed by atoms with E-state index in [-0.39, 0.29) is 5.56 Å². The molecule has 1 aromatic carbocycles. The highest BCUT2D eigenvalue weighted by molar-refractivity contribution is 5.96. The van der Waals surface area contributed by atoms with E-state index in [0.717, 1.165) is 17.4 Å². The zero-order valence-electron chi connectivity index (χ0n) is 16.9. The molecular formula is C21H24N4O4. The number of ether oxygens (including phenoxy) is 1. The highest BCUT2D eigenvalue weighted by Crippen LogP contribution is 2.27. The number of carbonyl (C=O) groups excluding carboxylic acids is 1. The molecule has 0 spiro atoms. The Morgan fingerprint density at radius 3 is 2.59 bits per heavy atom. The number of fused-ring (bicyclic) bond motifs is 1. The van der Waals surface area contributed by atoms with Crippen LogP contribution in [0.15, 0.2) is 41.3 Å². The molecule has 0 bridgehead atoms. The Labute approximate surface area is 168 Å². The lowest BCUT2D eigenvalue weighted by Gasteiger charge is -2.14. The van der Waals surface area contributed by atoms with Crippen molar-refractivity contribution >= 4 is 22.6 Å². The zero-order chi connectivity index (χ0) is 21.0. The molecule has 0 aliphatic rings. The second-order valence-electron chi connectivity index (χ2n) is 6.35. The van der Waals surface area contributed by atoms with Crippen LogP contribution >= 0.6 is 0 Å². The van der Waals surface area contributed by atoms with E-state index < -0.39 is 5.91 Å². The van der Waals surface area contributed by atoms with E-state index >= 15 is 0 Å². The Kier molecular flexibility index (Phi) is 6.13. The fraction of sp³-hybridized carbons (Fsp3) is 0.286. The Morgan fingerprint density at radius 1 is 1.14 bits per heavy atom. The number of benzene rings is 1. The van der Waals surface area contributed by atoms with Crippen molar-refractivity contribution in [3.8, 4) is 16.9 Å². The minimum absolute atomic E-state index is 0.153. The molecule has 3 rings (SSSR count). The third-order valence-corrected chi connectivity index (χ3v) is 4.56. The van der Waals surface area contributed by atoms with Crippen LogP contribution in [0.5, 0.6) is 5.75 Å². The zero-order valence-corrected chi connectivity index (χ0v) is 16.9. The number of anilines is 1. The number of pyridine rings is 2. The van der Waals surface area contributed by atoms with E-state index in [1.165, 1.54) is 14.2 Å². The summed E-state index contributed by atoms with van der Waals surface area (Å²) in [7, 11) is 2.87. The molecule has 152 valence electrons. The molecule has 0 saturated heterocycles. The van der Waals surface area contributed by atoms with Gasteiger partial charge in [0.05, 0.1) is 19.7 Å². The van der Waals surface area contributed by atoms with Gasteiger partial charge in [-0.05, 0) is 43.7 Å². The number of carbonyl (C=O) groups is 1. The highest BCUT2D eigenvalue weighted by atomic mass is 16.6. The molecule has 2 heterocycles. The van der Waals surface area contributed by atoms with Crippen LogP contribution in [-0.4, -0.2) is 36.2 Å². The van der Waals surface area contributed by atoms with Crippen molar-refractivity contribution in [3.63, 3.8) is 0 Å². The van der Waals surface area contributed by atoms with Gasteiger partial charge in [-0.3, -0.25) is 14.4 Å². The SMILES string of the molecule is CCNc1cc2c(cn1)cc(-c1cc(OC)cc(C(=O)NOC)c1)c(=O)n2CC. The monoisotopic (exact) mass is 396 g/mol. The van der Waals surface area contributed by atoms with Gasteiger partial charge in [-0.2, -0.15) is 0 Å². The number of methoxy groups -OCH3 is 1. The van der Waals surface area contributed by atoms with E-state index in [4.69, 9.17) is 9.57 Å². The van der Waals surface area contributed by atoms with E-state index in [1.54, 1.807) is 35.0 Å². The number of nitrogens with one attached hydrogen (secondary N) is 2. The van der Waals surface area contributed by atoms with Crippen LogP contribution < -0.4 is 21.1 Å². The van der Waals surface area contributed by atoms with Gasteiger partial charge in [-0.1, -0.05) is 0 Å². The van der Waals surface area contributed by atoms with Gasteiger partial charge in [0.1, 0.15) is 11.6 Å². The quantitative estimate of drug-likeness (QED) is 0.597. The topological polar surface area (TPSA) is 94.5 Å². The summed E-state index contributed by atoms with van der Waals surface area (Å²) < 4.78 is 7.02. The van der Waals surface area contributed by atoms with Crippen molar-refractivity contribution in [1.82, 2.24) is 15.0 Å². The van der Waals surface area contributed by atoms with Crippen LogP contribution in [0.3, 0.4) is 0 Å². The van der Waals surface area contributed by atoms with E-state index in [2.05, 4.69) is 15.8 Å². The molecule has 0 aliphatic heterocycles. The number of hydrogen-bond acceptors (Lipinski definition) is 6. The molecule has 0 radical (unpaired) electrons. The molecule has 2 aromatic heterocycles. The van der Waals surface area contributed by atoms with Crippen LogP contribution in [0.1, 0.15) is 24.2 Å². The van der Waals surface area contributed by atoms with Gasteiger partial charge < -0.3 is 14.6 Å². The number of aromatic nitrogens is 2. The summed E-state index contributed by atoms with van der Waals surface area (Å²) in [6.07, 6.45) is 1.74. The van der Waals surface area contributed by atoms with Gasteiger partial charge >= 0.3 is 0 Å². The summed E-state index contributed by atoms with van der Waals surface area (Å²) in [5, 5.41) is 3.99. The average molecular weight is 396 g/mol. The fourth-order valence-electron chi connectivity index (χ4n) is 3.23. The average Bonchev–Trinajstić information content (AvgIpc) is 2.73. The number of aryl methyl sites for hydroxylation is 1. The van der Waals surface area contributed by atoms with E-state index in [9.17, 15) is 9.59 Å². The third kappa shape index (κ3) is 4.07. The first kappa shape index (κ1) is 20.3. The molecule has 0 atom stereocenters. The van der Waals surface area contributed by atoms with Crippen molar-refractivity contribution in [2.75, 3.05) is 26.1 Å². The van der Waals surface area contributed by atoms with Crippen molar-refractivity contribution in [2.45, 2.75) is 20.4 Å². The van der Waals surface area contributed by atoms with Gasteiger partial charge in [-0.15, -0.1) is 0 Å². The molecule has 29 heavy (non-hydrogen) atoms. The van der Waals surface area contributed by atoms with E-state index in [1.807, 2.05) is 19.9 Å². The van der Waals surface area contributed by atoms with Gasteiger partial charge in [0.15, 0.2) is 0 Å². The normalized spacial score (nSPS) is 10.8. The minimum Gasteiger partial charge on any atom is -0.497 e. The standard InChI is InChI=1S/C21H24N4O4/c1-5-22-19-11-18-15(12-23-19)10-17(21(27)25(18)6-2)13-7-14(20(26)24-29-4)9-16(8-13)28-3/h7-12H,5-6H2,1-4H3,(H,22,23)(H,24,26). The van der Waals surface area contributed by atoms with Crippen LogP contribution in [-0.2, 0) is 11.4 Å². The molecule has 3 aromatic rings. The fourth-order valence-corrected chi connectivity index (χ4v) is 3.23. The third-order valence-electron chi connectivity index (χ3n) is 4.56. The van der Waals surface area contributed by atoms with Crippen molar-refractivity contribution in [2.24, 2.45) is 0 Å². The number of hydroxylamine groups is 1. The first-order valence-electron chi connectivity index (χ1n) is 9.32. The summed E-state index contributed by atoms with van der Waals surface area (Å²) in [5.74, 6) is 0.752. The van der Waals surface area contributed by atoms with Crippen molar-refractivity contribution < 1.29 is 14.4 Å². The number of rotatable bonds is 7. The number of hydrogen-bond donors (Lipinski definition) is 2. The summed E-state index contributed by atoms with van der Waals surface area (Å²) in [4.78, 5) is 34.6. The highest BCUT2D eigenvalue weighted by Gasteiger charge is 2.15. The van der Waals surface area contributed by atoms with Crippen molar-refractivity contribution in [1.29, 1.82) is 0 Å². The summed E-state index contributed by atoms with van der Waals surface area (Å²) in [5.41, 5.74) is 4.29. The number of amides is 1. The molecule has 8 nitrogen and oxygen atoms in total. The summed E-state index contributed by atoms with van der Waals surface area (Å²) in [6, 6.07) is 8.61. The number of nitrogens with zero attached hydrogens (tertiary/aromatic N) is 2. The van der Waals surface area contributed by atoms with E-state index in [0.29, 0.717) is 34.8 Å². The Balaban J connectivity index is 2.23. The predicted molar refractivity (Wildman–Crippen MR) is 112 cm³/mol. The first-order chi connectivity index (χ1) is 14.0. The molecule has 0 aliphatic carbocycles. The lowest BCUT2D eigenvalue weighted by Crippen LogP contribution is -2.23. The van der Waals surface area contributed by atoms with Gasteiger partial charge in [0.2, 0.25) is 0 Å². The second kappa shape index (κ2) is 8.74. The molecule has 0 unspecified atom stereocenters. The molecule has 0 saturated carbocycles. The lowest BCUT2D eigenvalue weighted by molar-refractivity contribution is 0.0537. The molecular weight excluding hydrogens is 372 g/mol. The van der Waals surface area contributed by atoms with Crippen LogP contribution in [0.4, 0.5) is 5.82 Å². The Hall–Kier alpha value is -3.39. The van der Waals surface area contributed by atoms with Crippen molar-refractivity contribution in [3.05, 3.63) is 52.4 Å². The van der Waals surface area contributed by atoms with Gasteiger partial charge in [0, 0.05) is 41.9 Å². The second-order valence-corrected chi connectivity index (χ2v) is 6.35. The summed E-state index contributed by atoms with van der Waals surface area (Å²) in [6.45, 7) is 5.14. The maximum absolute atomic E-state index is 13.2. The Bertz CT molecular complexity index is 1110. The summed E-state index contributed by atoms with van der Waals surface area (Å²) >= 11 is 0. The van der Waals surface area contributed by atoms with Gasteiger partial charge in [0.25, 0.3) is 11.5 Å². The smallest absolute Gasteiger partial charge is 0.274 e. The van der Waals surface area contributed by atoms with Crippen LogP contribution in [0, 0.1) is 0 Å². The maximum atomic E-state index is 13.2. The predicted octanol–water partition coefficient (Wildman–Crippen LogP) is 2.82. The Morgan fingerprint density at radius 2 is 1.93 bits per heavy atom. The van der Waals surface area contributed by atoms with Gasteiger partial charge in [-0.25, -0.2) is 10.5 Å².